The number of rotatable bonds is 7. The predicted molar refractivity (Wildman–Crippen MR) is 150 cm³/mol. The highest BCUT2D eigenvalue weighted by Gasteiger charge is 2.35. The number of anilines is 1. The number of benzene rings is 1. The number of para-hydroxylation sites is 2. The van der Waals surface area contributed by atoms with Gasteiger partial charge in [0.1, 0.15) is 33.5 Å². The zero-order chi connectivity index (χ0) is 29.4. The summed E-state index contributed by atoms with van der Waals surface area (Å²) in [6.45, 7) is -1.93. The molecule has 0 spiro atoms. The van der Waals surface area contributed by atoms with E-state index in [0.29, 0.717) is 11.4 Å². The molecule has 1 atom stereocenters. The fourth-order valence-corrected chi connectivity index (χ4v) is 6.51. The third kappa shape index (κ3) is 6.31. The molecule has 3 heterocycles. The van der Waals surface area contributed by atoms with E-state index in [1.54, 1.807) is 24.3 Å². The van der Waals surface area contributed by atoms with Gasteiger partial charge >= 0.3 is 11.9 Å². The number of hydrogen-bond acceptors (Lipinski definition) is 11. The maximum atomic E-state index is 13.2. The second kappa shape index (κ2) is 11.3. The molecule has 2 aliphatic rings. The second-order valence-corrected chi connectivity index (χ2v) is 12.5. The summed E-state index contributed by atoms with van der Waals surface area (Å²) < 4.78 is 30.8. The number of fused-ring (bicyclic) bond motifs is 1. The highest BCUT2D eigenvalue weighted by Crippen LogP contribution is 2.38. The van der Waals surface area contributed by atoms with Crippen molar-refractivity contribution in [1.29, 1.82) is 0 Å². The number of nitrogens with zero attached hydrogens (tertiary/aromatic N) is 4. The number of aromatic nitrogens is 1. The van der Waals surface area contributed by atoms with Gasteiger partial charge in [-0.25, -0.2) is 4.21 Å². The predicted octanol–water partition coefficient (Wildman–Crippen LogP) is -0.334. The molecule has 0 saturated carbocycles. The number of allylic oxidation sites excluding steroid dienone is 1. The summed E-state index contributed by atoms with van der Waals surface area (Å²) >= 11 is 6.64. The molecule has 1 aromatic heterocycles. The SMILES string of the molecule is CS(=O)(O)=NC(=O)CN1/C(=C/C=c2\s/c(=C3\SC(=S)N(CC(=O)O)C3=O)n(CC(=O)O)c2=O)Oc2ccccc21. The Morgan fingerprint density at radius 2 is 1.75 bits per heavy atom. The topological polar surface area (TPSA) is 196 Å². The summed E-state index contributed by atoms with van der Waals surface area (Å²) in [4.78, 5) is 63.1. The molecule has 0 radical (unpaired) electrons. The Hall–Kier alpha value is -3.84. The summed E-state index contributed by atoms with van der Waals surface area (Å²) in [5.41, 5.74) is -0.293. The fraction of sp³-hybridized carbons (Fsp3) is 0.182. The number of carbonyl (C=O) groups is 4. The molecule has 3 N–H and O–H groups in total. The monoisotopic (exact) mass is 626 g/mol. The van der Waals surface area contributed by atoms with Crippen LogP contribution in [0.2, 0.25) is 0 Å². The third-order valence-electron chi connectivity index (χ3n) is 5.12. The zero-order valence-corrected chi connectivity index (χ0v) is 23.5. The highest BCUT2D eigenvalue weighted by atomic mass is 32.2. The molecular formula is C22H18N4O10S4. The van der Waals surface area contributed by atoms with Crippen molar-refractivity contribution < 1.29 is 42.9 Å². The van der Waals surface area contributed by atoms with E-state index in [9.17, 15) is 37.8 Å². The Bertz CT molecular complexity index is 1810. The number of aliphatic carboxylic acids is 2. The number of carboxylic acid groups (broad SMARTS) is 2. The van der Waals surface area contributed by atoms with Crippen LogP contribution in [0.4, 0.5) is 5.69 Å². The molecule has 1 aromatic carbocycles. The lowest BCUT2D eigenvalue weighted by Crippen LogP contribution is -2.36. The van der Waals surface area contributed by atoms with Crippen molar-refractivity contribution in [3.63, 3.8) is 0 Å². The lowest BCUT2D eigenvalue weighted by atomic mass is 10.3. The maximum absolute atomic E-state index is 13.2. The van der Waals surface area contributed by atoms with Gasteiger partial charge in [0.15, 0.2) is 15.8 Å². The molecule has 1 unspecified atom stereocenters. The fourth-order valence-electron chi connectivity index (χ4n) is 3.62. The van der Waals surface area contributed by atoms with Gasteiger partial charge in [-0.3, -0.25) is 38.3 Å². The molecule has 0 bridgehead atoms. The van der Waals surface area contributed by atoms with Gasteiger partial charge in [-0.2, -0.15) is 0 Å². The minimum atomic E-state index is -3.70. The summed E-state index contributed by atoms with van der Waals surface area (Å²) in [5, 5.41) is 18.4. The number of thioether (sulfide) groups is 1. The van der Waals surface area contributed by atoms with E-state index in [1.807, 2.05) is 0 Å². The van der Waals surface area contributed by atoms with Crippen LogP contribution in [-0.4, -0.2) is 75.9 Å². The van der Waals surface area contributed by atoms with E-state index >= 15 is 0 Å². The molecule has 2 aliphatic heterocycles. The van der Waals surface area contributed by atoms with Crippen molar-refractivity contribution in [3.8, 4) is 5.75 Å². The number of thiazole rings is 1. The molecule has 14 nitrogen and oxygen atoms in total. The number of thiocarbonyl (C=S) groups is 1. The van der Waals surface area contributed by atoms with E-state index in [0.717, 1.165) is 38.8 Å². The van der Waals surface area contributed by atoms with E-state index in [4.69, 9.17) is 22.1 Å². The van der Waals surface area contributed by atoms with Gasteiger partial charge in [-0.1, -0.05) is 36.1 Å². The minimum absolute atomic E-state index is 0.00490. The average Bonchev–Trinajstić information content (AvgIpc) is 3.44. The van der Waals surface area contributed by atoms with Crippen LogP contribution in [0.3, 0.4) is 0 Å². The van der Waals surface area contributed by atoms with Crippen LogP contribution in [0, 0.1) is 0 Å². The lowest BCUT2D eigenvalue weighted by molar-refractivity contribution is -0.140. The van der Waals surface area contributed by atoms with Crippen molar-refractivity contribution >= 4 is 90.1 Å². The molecule has 2 aromatic rings. The van der Waals surface area contributed by atoms with Gasteiger partial charge < -0.3 is 19.5 Å². The van der Waals surface area contributed by atoms with Gasteiger partial charge in [0.2, 0.25) is 5.88 Å². The molecular weight excluding hydrogens is 609 g/mol. The van der Waals surface area contributed by atoms with Crippen LogP contribution < -0.4 is 24.4 Å². The Morgan fingerprint density at radius 1 is 1.07 bits per heavy atom. The number of amides is 2. The van der Waals surface area contributed by atoms with Crippen LogP contribution in [0.1, 0.15) is 0 Å². The van der Waals surface area contributed by atoms with Crippen molar-refractivity contribution in [3.05, 3.63) is 55.8 Å². The summed E-state index contributed by atoms with van der Waals surface area (Å²) in [6.07, 6.45) is 3.53. The quantitative estimate of drug-likeness (QED) is 0.338. The first-order valence-corrected chi connectivity index (χ1v) is 14.8. The van der Waals surface area contributed by atoms with Gasteiger partial charge in [0, 0.05) is 12.3 Å². The first-order chi connectivity index (χ1) is 18.7. The van der Waals surface area contributed by atoms with Crippen LogP contribution in [-0.2, 0) is 35.7 Å². The molecule has 18 heteroatoms. The Kier molecular flexibility index (Phi) is 8.26. The van der Waals surface area contributed by atoms with E-state index in [-0.39, 0.29) is 24.3 Å². The molecule has 4 rings (SSSR count). The standard InChI is InChI=1S/C22H18N4O10S4/c1-40(34,35)23-14(27)8-24-11-4-2-3-5-12(11)36-15(24)7-6-13-19(32)25(9-16(28)29)21(38-13)18-20(33)26(10-17(30)31)22(37)39-18/h2-7H,8-10H2,1H3,(H,28,29)(H,30,31)(H,23,27,34,35)/b13-6-,15-7-,21-18-. The van der Waals surface area contributed by atoms with Gasteiger partial charge in [-0.05, 0) is 18.2 Å². The van der Waals surface area contributed by atoms with Crippen molar-refractivity contribution in [1.82, 2.24) is 9.47 Å². The van der Waals surface area contributed by atoms with E-state index in [1.165, 1.54) is 17.1 Å². The number of hydrogen-bond donors (Lipinski definition) is 3. The number of carboxylic acids is 2. The Morgan fingerprint density at radius 3 is 2.40 bits per heavy atom. The van der Waals surface area contributed by atoms with Crippen LogP contribution in [0.25, 0.3) is 11.0 Å². The number of carbonyl (C=O) groups excluding carboxylic acids is 2. The smallest absolute Gasteiger partial charge is 0.323 e. The molecule has 40 heavy (non-hydrogen) atoms. The first kappa shape index (κ1) is 29.2. The van der Waals surface area contributed by atoms with Crippen molar-refractivity contribution in [2.75, 3.05) is 24.2 Å². The first-order valence-electron chi connectivity index (χ1n) is 10.9. The van der Waals surface area contributed by atoms with Crippen LogP contribution in [0.15, 0.2) is 45.4 Å². The maximum Gasteiger partial charge on any atom is 0.323 e. The highest BCUT2D eigenvalue weighted by molar-refractivity contribution is 8.30. The molecule has 1 saturated heterocycles. The average molecular weight is 627 g/mol. The van der Waals surface area contributed by atoms with Crippen LogP contribution in [0.5, 0.6) is 5.75 Å². The summed E-state index contributed by atoms with van der Waals surface area (Å²) in [7, 11) is -3.70. The van der Waals surface area contributed by atoms with Crippen molar-refractivity contribution in [2.45, 2.75) is 6.54 Å². The third-order valence-corrected chi connectivity index (χ3v) is 8.37. The van der Waals surface area contributed by atoms with Gasteiger partial charge in [-0.15, -0.1) is 15.7 Å². The Labute approximate surface area is 238 Å². The lowest BCUT2D eigenvalue weighted by Gasteiger charge is -2.15. The van der Waals surface area contributed by atoms with Crippen molar-refractivity contribution in [2.24, 2.45) is 4.36 Å². The Balaban J connectivity index is 1.82. The zero-order valence-electron chi connectivity index (χ0n) is 20.2. The largest absolute Gasteiger partial charge is 0.480 e. The summed E-state index contributed by atoms with van der Waals surface area (Å²) in [5.74, 6) is -3.91. The molecule has 1 fully saturated rings. The van der Waals surface area contributed by atoms with E-state index in [2.05, 4.69) is 4.36 Å². The normalized spacial score (nSPS) is 19.1. The second-order valence-electron chi connectivity index (χ2n) is 8.11. The van der Waals surface area contributed by atoms with E-state index < -0.39 is 59.0 Å². The number of ether oxygens (including phenoxy) is 1. The van der Waals surface area contributed by atoms with Gasteiger partial charge in [0.25, 0.3) is 17.4 Å². The minimum Gasteiger partial charge on any atom is -0.480 e. The molecule has 210 valence electrons. The van der Waals surface area contributed by atoms with Gasteiger partial charge in [0.05, 0.1) is 10.2 Å². The van der Waals surface area contributed by atoms with Crippen LogP contribution >= 0.6 is 35.3 Å². The molecule has 0 aliphatic carbocycles. The molecule has 2 amide bonds. The summed E-state index contributed by atoms with van der Waals surface area (Å²) in [6, 6.07) is 6.62.